The van der Waals surface area contributed by atoms with Gasteiger partial charge in [-0.15, -0.1) is 0 Å². The maximum absolute atomic E-state index is 10.3. The molecule has 1 fully saturated rings. The minimum absolute atomic E-state index is 0.527. The van der Waals surface area contributed by atoms with E-state index in [1.807, 2.05) is 30.3 Å². The Morgan fingerprint density at radius 3 is 2.57 bits per heavy atom. The Kier molecular flexibility index (Phi) is 4.25. The van der Waals surface area contributed by atoms with Crippen molar-refractivity contribution in [3.05, 3.63) is 47.8 Å². The van der Waals surface area contributed by atoms with Gasteiger partial charge in [0.15, 0.2) is 0 Å². The highest BCUT2D eigenvalue weighted by atomic mass is 16.3. The van der Waals surface area contributed by atoms with E-state index in [-0.39, 0.29) is 0 Å². The number of aliphatic hydroxyl groups is 1. The van der Waals surface area contributed by atoms with Crippen LogP contribution in [-0.4, -0.2) is 14.9 Å². The summed E-state index contributed by atoms with van der Waals surface area (Å²) >= 11 is 0. The molecule has 0 radical (unpaired) electrons. The third kappa shape index (κ3) is 3.45. The molecule has 4 nitrogen and oxygen atoms in total. The zero-order valence-corrected chi connectivity index (χ0v) is 12.3. The van der Waals surface area contributed by atoms with Crippen LogP contribution < -0.4 is 5.73 Å². The topological polar surface area (TPSA) is 64.1 Å². The van der Waals surface area contributed by atoms with Gasteiger partial charge in [-0.05, 0) is 36.6 Å². The highest BCUT2D eigenvalue weighted by Crippen LogP contribution is 2.28. The number of hydrogen-bond acceptors (Lipinski definition) is 3. The average Bonchev–Trinajstić information content (AvgIpc) is 2.97. The fraction of sp³-hybridized carbons (Fsp3) is 0.471. The highest BCUT2D eigenvalue weighted by molar-refractivity contribution is 5.40. The van der Waals surface area contributed by atoms with Gasteiger partial charge < -0.3 is 10.8 Å². The second-order valence-corrected chi connectivity index (χ2v) is 5.97. The summed E-state index contributed by atoms with van der Waals surface area (Å²) in [5.74, 6) is 0. The number of nitrogens with two attached hydrogens (primary N) is 1. The number of anilines is 1. The Balaban J connectivity index is 1.64. The van der Waals surface area contributed by atoms with Gasteiger partial charge in [0.05, 0.1) is 17.8 Å². The van der Waals surface area contributed by atoms with E-state index >= 15 is 0 Å². The Morgan fingerprint density at radius 1 is 1.14 bits per heavy atom. The van der Waals surface area contributed by atoms with Gasteiger partial charge in [0, 0.05) is 18.3 Å². The number of benzene rings is 1. The van der Waals surface area contributed by atoms with Crippen LogP contribution in [0.25, 0.3) is 0 Å². The van der Waals surface area contributed by atoms with Crippen molar-refractivity contribution >= 4 is 5.69 Å². The molecule has 1 aromatic carbocycles. The highest BCUT2D eigenvalue weighted by Gasteiger charge is 2.17. The SMILES string of the molecule is Nc1ccc(C(O)Cc2ccn(C3CCCCC3)n2)cc1. The van der Waals surface area contributed by atoms with Crippen LogP contribution in [0.15, 0.2) is 36.5 Å². The lowest BCUT2D eigenvalue weighted by Crippen LogP contribution is -2.13. The quantitative estimate of drug-likeness (QED) is 0.848. The molecule has 1 heterocycles. The van der Waals surface area contributed by atoms with Gasteiger partial charge in [-0.25, -0.2) is 0 Å². The van der Waals surface area contributed by atoms with Gasteiger partial charge >= 0.3 is 0 Å². The lowest BCUT2D eigenvalue weighted by molar-refractivity contribution is 0.176. The summed E-state index contributed by atoms with van der Waals surface area (Å²) in [7, 11) is 0. The average molecular weight is 285 g/mol. The van der Waals surface area contributed by atoms with Crippen LogP contribution >= 0.6 is 0 Å². The van der Waals surface area contributed by atoms with E-state index in [1.165, 1.54) is 32.1 Å². The van der Waals surface area contributed by atoms with E-state index in [9.17, 15) is 5.11 Å². The molecule has 1 atom stereocenters. The first-order chi connectivity index (χ1) is 10.2. The lowest BCUT2D eigenvalue weighted by Gasteiger charge is -2.21. The third-order valence-corrected chi connectivity index (χ3v) is 4.34. The molecule has 0 saturated heterocycles. The van der Waals surface area contributed by atoms with Crippen molar-refractivity contribution in [2.45, 2.75) is 50.7 Å². The van der Waals surface area contributed by atoms with Gasteiger partial charge in [-0.2, -0.15) is 5.10 Å². The van der Waals surface area contributed by atoms with Crippen LogP contribution in [0.3, 0.4) is 0 Å². The minimum Gasteiger partial charge on any atom is -0.399 e. The van der Waals surface area contributed by atoms with E-state index in [4.69, 9.17) is 5.73 Å². The first-order valence-corrected chi connectivity index (χ1v) is 7.80. The van der Waals surface area contributed by atoms with Crippen molar-refractivity contribution in [2.24, 2.45) is 0 Å². The molecule has 0 spiro atoms. The van der Waals surface area contributed by atoms with Crippen LogP contribution in [-0.2, 0) is 6.42 Å². The summed E-state index contributed by atoms with van der Waals surface area (Å²) in [4.78, 5) is 0. The third-order valence-electron chi connectivity index (χ3n) is 4.34. The summed E-state index contributed by atoms with van der Waals surface area (Å²) in [6.07, 6.45) is 8.47. The maximum atomic E-state index is 10.3. The van der Waals surface area contributed by atoms with E-state index in [2.05, 4.69) is 16.0 Å². The summed E-state index contributed by atoms with van der Waals surface area (Å²) in [6.45, 7) is 0. The second-order valence-electron chi connectivity index (χ2n) is 5.97. The van der Waals surface area contributed by atoms with Crippen molar-refractivity contribution < 1.29 is 5.11 Å². The molecule has 21 heavy (non-hydrogen) atoms. The molecule has 1 unspecified atom stereocenters. The molecule has 2 aromatic rings. The lowest BCUT2D eigenvalue weighted by atomic mass is 9.96. The van der Waals surface area contributed by atoms with Crippen LogP contribution in [0.5, 0.6) is 0 Å². The van der Waals surface area contributed by atoms with Crippen molar-refractivity contribution in [1.82, 2.24) is 9.78 Å². The van der Waals surface area contributed by atoms with Crippen LogP contribution in [0.2, 0.25) is 0 Å². The molecule has 1 aliphatic carbocycles. The van der Waals surface area contributed by atoms with Gasteiger partial charge in [-0.1, -0.05) is 31.4 Å². The van der Waals surface area contributed by atoms with E-state index < -0.39 is 6.10 Å². The Labute approximate surface area is 125 Å². The molecule has 3 N–H and O–H groups in total. The number of aliphatic hydroxyl groups excluding tert-OH is 1. The summed E-state index contributed by atoms with van der Waals surface area (Å²) in [5.41, 5.74) is 8.22. The molecule has 0 bridgehead atoms. The first kappa shape index (κ1) is 14.1. The predicted octanol–water partition coefficient (Wildman–Crippen LogP) is 3.25. The number of nitrogens with zero attached hydrogens (tertiary/aromatic N) is 2. The molecule has 0 amide bonds. The van der Waals surface area contributed by atoms with Crippen molar-refractivity contribution in [2.75, 3.05) is 5.73 Å². The normalized spacial score (nSPS) is 17.8. The minimum atomic E-state index is -0.527. The molecule has 1 aliphatic rings. The van der Waals surface area contributed by atoms with Crippen LogP contribution in [0.4, 0.5) is 5.69 Å². The van der Waals surface area contributed by atoms with Gasteiger partial charge in [-0.3, -0.25) is 4.68 Å². The molecule has 112 valence electrons. The first-order valence-electron chi connectivity index (χ1n) is 7.80. The molecule has 0 aliphatic heterocycles. The molecule has 1 saturated carbocycles. The number of hydrogen-bond donors (Lipinski definition) is 2. The Morgan fingerprint density at radius 2 is 1.86 bits per heavy atom. The maximum Gasteiger partial charge on any atom is 0.0846 e. The van der Waals surface area contributed by atoms with Gasteiger partial charge in [0.1, 0.15) is 0 Å². The molecular weight excluding hydrogens is 262 g/mol. The van der Waals surface area contributed by atoms with E-state index in [1.54, 1.807) is 0 Å². The standard InChI is InChI=1S/C17H23N3O/c18-14-8-6-13(7-9-14)17(21)12-15-10-11-20(19-15)16-4-2-1-3-5-16/h6-11,16-17,21H,1-5,12,18H2. The smallest absolute Gasteiger partial charge is 0.0846 e. The number of rotatable bonds is 4. The number of nitrogen functional groups attached to an aromatic ring is 1. The largest absolute Gasteiger partial charge is 0.399 e. The van der Waals surface area contributed by atoms with Crippen molar-refractivity contribution in [3.8, 4) is 0 Å². The molecule has 3 rings (SSSR count). The van der Waals surface area contributed by atoms with E-state index in [0.717, 1.165) is 11.3 Å². The Bertz CT molecular complexity index is 570. The van der Waals surface area contributed by atoms with Crippen LogP contribution in [0.1, 0.15) is 55.5 Å². The van der Waals surface area contributed by atoms with Crippen LogP contribution in [0, 0.1) is 0 Å². The van der Waals surface area contributed by atoms with Gasteiger partial charge in [0.25, 0.3) is 0 Å². The number of aromatic nitrogens is 2. The predicted molar refractivity (Wildman–Crippen MR) is 83.9 cm³/mol. The van der Waals surface area contributed by atoms with Gasteiger partial charge in [0.2, 0.25) is 0 Å². The van der Waals surface area contributed by atoms with Crippen molar-refractivity contribution in [1.29, 1.82) is 0 Å². The fourth-order valence-electron chi connectivity index (χ4n) is 3.07. The zero-order chi connectivity index (χ0) is 14.7. The summed E-state index contributed by atoms with van der Waals surface area (Å²) < 4.78 is 2.09. The Hall–Kier alpha value is -1.81. The molecular formula is C17H23N3O. The molecule has 4 heteroatoms. The summed E-state index contributed by atoms with van der Waals surface area (Å²) in [5, 5.41) is 14.9. The monoisotopic (exact) mass is 285 g/mol. The fourth-order valence-corrected chi connectivity index (χ4v) is 3.07. The van der Waals surface area contributed by atoms with Crippen molar-refractivity contribution in [3.63, 3.8) is 0 Å². The molecule has 1 aromatic heterocycles. The summed E-state index contributed by atoms with van der Waals surface area (Å²) in [6, 6.07) is 9.95. The van der Waals surface area contributed by atoms with E-state index in [0.29, 0.717) is 18.2 Å². The zero-order valence-electron chi connectivity index (χ0n) is 12.3. The second kappa shape index (κ2) is 6.31.